The van der Waals surface area contributed by atoms with E-state index in [-0.39, 0.29) is 0 Å². The quantitative estimate of drug-likeness (QED) is 0.185. The Morgan fingerprint density at radius 3 is 1.72 bits per heavy atom. The van der Waals surface area contributed by atoms with E-state index < -0.39 is 0 Å². The van der Waals surface area contributed by atoms with E-state index in [0.717, 1.165) is 33.8 Å². The zero-order chi connectivity index (χ0) is 33.0. The summed E-state index contributed by atoms with van der Waals surface area (Å²) in [6, 6.07) is 62.3. The predicted molar refractivity (Wildman–Crippen MR) is 211 cm³/mol. The Balaban J connectivity index is 1.17. The molecule has 0 fully saturated rings. The van der Waals surface area contributed by atoms with E-state index >= 15 is 0 Å². The lowest BCUT2D eigenvalue weighted by molar-refractivity contribution is 1.17. The molecule has 3 aromatic heterocycles. The number of aromatic nitrogens is 3. The first-order chi connectivity index (χ1) is 24.8. The fourth-order valence-electron chi connectivity index (χ4n) is 7.30. The van der Waals surface area contributed by atoms with Gasteiger partial charge in [0.1, 0.15) is 0 Å². The highest BCUT2D eigenvalue weighted by atomic mass is 32.1. The van der Waals surface area contributed by atoms with E-state index in [1.54, 1.807) is 0 Å². The third-order valence-electron chi connectivity index (χ3n) is 9.63. The molecule has 0 spiro atoms. The molecule has 0 amide bonds. The Morgan fingerprint density at radius 2 is 1.04 bits per heavy atom. The topological polar surface area (TPSA) is 30.7 Å². The third kappa shape index (κ3) is 4.65. The molecular weight excluding hydrogens is 627 g/mol. The molecule has 0 unspecified atom stereocenters. The van der Waals surface area contributed by atoms with Crippen LogP contribution in [-0.2, 0) is 0 Å². The smallest absolute Gasteiger partial charge is 0.160 e. The van der Waals surface area contributed by atoms with Gasteiger partial charge in [-0.15, -0.1) is 11.3 Å². The van der Waals surface area contributed by atoms with Crippen LogP contribution in [0, 0.1) is 0 Å². The molecule has 4 heteroatoms. The summed E-state index contributed by atoms with van der Waals surface area (Å²) in [5.41, 5.74) is 11.0. The van der Waals surface area contributed by atoms with Gasteiger partial charge in [-0.25, -0.2) is 9.97 Å². The standard InChI is InChI=1S/C46H29N3S/c1-4-13-30(14-5-1)35-20-12-21-38-43-42(50-45(35)38)28-27-37-36-19-10-11-22-41(36)49(44(37)43)34-25-23-33(24-26-34)46-47-39(31-15-6-2-7-16-31)29-40(48-46)32-17-8-3-9-18-32/h1-29H. The molecule has 50 heavy (non-hydrogen) atoms. The number of hydrogen-bond acceptors (Lipinski definition) is 3. The van der Waals surface area contributed by atoms with Gasteiger partial charge in [0.15, 0.2) is 5.82 Å². The fourth-order valence-corrected chi connectivity index (χ4v) is 8.54. The number of para-hydroxylation sites is 1. The van der Waals surface area contributed by atoms with Gasteiger partial charge in [0, 0.05) is 53.3 Å². The first kappa shape index (κ1) is 28.6. The second-order valence-electron chi connectivity index (χ2n) is 12.6. The maximum atomic E-state index is 5.08. The van der Waals surface area contributed by atoms with Gasteiger partial charge >= 0.3 is 0 Å². The van der Waals surface area contributed by atoms with Crippen molar-refractivity contribution in [3.63, 3.8) is 0 Å². The van der Waals surface area contributed by atoms with Crippen LogP contribution in [0.3, 0.4) is 0 Å². The second-order valence-corrected chi connectivity index (χ2v) is 13.6. The van der Waals surface area contributed by atoms with Gasteiger partial charge in [-0.05, 0) is 53.6 Å². The minimum absolute atomic E-state index is 0.707. The Bertz CT molecular complexity index is 2780. The molecule has 0 bridgehead atoms. The normalized spacial score (nSPS) is 11.6. The van der Waals surface area contributed by atoms with Gasteiger partial charge in [-0.1, -0.05) is 133 Å². The van der Waals surface area contributed by atoms with Crippen LogP contribution in [0.1, 0.15) is 0 Å². The van der Waals surface area contributed by atoms with Crippen molar-refractivity contribution in [1.82, 2.24) is 14.5 Å². The van der Waals surface area contributed by atoms with Crippen molar-refractivity contribution < 1.29 is 0 Å². The molecule has 7 aromatic carbocycles. The number of nitrogens with zero attached hydrogens (tertiary/aromatic N) is 3. The van der Waals surface area contributed by atoms with E-state index in [4.69, 9.17) is 9.97 Å². The molecule has 0 atom stereocenters. The lowest BCUT2D eigenvalue weighted by Crippen LogP contribution is -1.97. The van der Waals surface area contributed by atoms with Gasteiger partial charge in [-0.2, -0.15) is 0 Å². The summed E-state index contributed by atoms with van der Waals surface area (Å²) in [5, 5.41) is 5.09. The molecule has 0 saturated heterocycles. The SMILES string of the molecule is c1ccc(-c2cc(-c3ccccc3)nc(-c3ccc(-n4c5ccccc5c5ccc6sc7c(-c8ccccc8)cccc7c6c54)cc3)n2)cc1. The lowest BCUT2D eigenvalue weighted by atomic mass is 10.0. The van der Waals surface area contributed by atoms with Gasteiger partial charge in [0.25, 0.3) is 0 Å². The van der Waals surface area contributed by atoms with Crippen LogP contribution in [0.25, 0.3) is 92.7 Å². The van der Waals surface area contributed by atoms with Crippen molar-refractivity contribution in [3.8, 4) is 50.7 Å². The molecule has 10 rings (SSSR count). The van der Waals surface area contributed by atoms with E-state index in [1.807, 2.05) is 23.5 Å². The van der Waals surface area contributed by atoms with E-state index in [0.29, 0.717) is 5.82 Å². The summed E-state index contributed by atoms with van der Waals surface area (Å²) in [7, 11) is 0. The van der Waals surface area contributed by atoms with Crippen LogP contribution in [0.4, 0.5) is 0 Å². The number of benzene rings is 7. The van der Waals surface area contributed by atoms with E-state index in [9.17, 15) is 0 Å². The first-order valence-electron chi connectivity index (χ1n) is 16.8. The van der Waals surface area contributed by atoms with Crippen molar-refractivity contribution in [1.29, 1.82) is 0 Å². The molecule has 3 heterocycles. The van der Waals surface area contributed by atoms with Crippen LogP contribution in [-0.4, -0.2) is 14.5 Å². The molecule has 0 radical (unpaired) electrons. The summed E-state index contributed by atoms with van der Waals surface area (Å²) in [5.74, 6) is 0.707. The van der Waals surface area contributed by atoms with Crippen LogP contribution < -0.4 is 0 Å². The summed E-state index contributed by atoms with van der Waals surface area (Å²) in [4.78, 5) is 10.2. The summed E-state index contributed by atoms with van der Waals surface area (Å²) in [6.45, 7) is 0. The van der Waals surface area contributed by atoms with Crippen molar-refractivity contribution in [2.24, 2.45) is 0 Å². The van der Waals surface area contributed by atoms with Crippen molar-refractivity contribution in [3.05, 3.63) is 176 Å². The van der Waals surface area contributed by atoms with Crippen molar-refractivity contribution >= 4 is 53.3 Å². The highest BCUT2D eigenvalue weighted by Crippen LogP contribution is 2.45. The molecule has 3 nitrogen and oxygen atoms in total. The van der Waals surface area contributed by atoms with Gasteiger partial charge in [0.2, 0.25) is 0 Å². The Hall–Kier alpha value is -6.36. The van der Waals surface area contributed by atoms with E-state index in [1.165, 1.54) is 53.1 Å². The minimum Gasteiger partial charge on any atom is -0.309 e. The predicted octanol–water partition coefficient (Wildman–Crippen LogP) is 12.6. The zero-order valence-electron chi connectivity index (χ0n) is 27.0. The maximum Gasteiger partial charge on any atom is 0.160 e. The van der Waals surface area contributed by atoms with Gasteiger partial charge in [0.05, 0.1) is 22.4 Å². The number of hydrogen-bond donors (Lipinski definition) is 0. The first-order valence-corrected chi connectivity index (χ1v) is 17.7. The van der Waals surface area contributed by atoms with Gasteiger partial charge < -0.3 is 4.57 Å². The fraction of sp³-hybridized carbons (Fsp3) is 0. The lowest BCUT2D eigenvalue weighted by Gasteiger charge is -2.12. The van der Waals surface area contributed by atoms with Crippen molar-refractivity contribution in [2.75, 3.05) is 0 Å². The largest absolute Gasteiger partial charge is 0.309 e. The summed E-state index contributed by atoms with van der Waals surface area (Å²) >= 11 is 1.88. The monoisotopic (exact) mass is 655 g/mol. The van der Waals surface area contributed by atoms with Crippen LogP contribution in [0.2, 0.25) is 0 Å². The number of rotatable bonds is 5. The molecule has 10 aromatic rings. The third-order valence-corrected chi connectivity index (χ3v) is 10.8. The highest BCUT2D eigenvalue weighted by molar-refractivity contribution is 7.26. The molecular formula is C46H29N3S. The molecule has 234 valence electrons. The van der Waals surface area contributed by atoms with Crippen LogP contribution >= 0.6 is 11.3 Å². The molecule has 0 aliphatic heterocycles. The highest BCUT2D eigenvalue weighted by Gasteiger charge is 2.20. The Kier molecular flexibility index (Phi) is 6.68. The zero-order valence-corrected chi connectivity index (χ0v) is 27.8. The van der Waals surface area contributed by atoms with Crippen LogP contribution in [0.5, 0.6) is 0 Å². The summed E-state index contributed by atoms with van der Waals surface area (Å²) in [6.07, 6.45) is 0. The average molecular weight is 656 g/mol. The summed E-state index contributed by atoms with van der Waals surface area (Å²) < 4.78 is 5.04. The molecule has 0 saturated carbocycles. The van der Waals surface area contributed by atoms with Gasteiger partial charge in [-0.3, -0.25) is 0 Å². The number of thiophene rings is 1. The van der Waals surface area contributed by atoms with Crippen LogP contribution in [0.15, 0.2) is 176 Å². The molecule has 0 N–H and O–H groups in total. The minimum atomic E-state index is 0.707. The Morgan fingerprint density at radius 1 is 0.440 bits per heavy atom. The average Bonchev–Trinajstić information content (AvgIpc) is 3.75. The second kappa shape index (κ2) is 11.7. The van der Waals surface area contributed by atoms with E-state index in [2.05, 4.69) is 168 Å². The Labute approximate surface area is 293 Å². The van der Waals surface area contributed by atoms with Crippen molar-refractivity contribution in [2.45, 2.75) is 0 Å². The maximum absolute atomic E-state index is 5.08. The molecule has 0 aliphatic carbocycles. The number of fused-ring (bicyclic) bond motifs is 7. The molecule has 0 aliphatic rings.